The lowest BCUT2D eigenvalue weighted by molar-refractivity contribution is 0.258. The summed E-state index contributed by atoms with van der Waals surface area (Å²) in [5.74, 6) is 1.30. The number of amidine groups is 1. The van der Waals surface area contributed by atoms with Crippen LogP contribution < -0.4 is 15.8 Å². The number of hydrogen-bond donors (Lipinski definition) is 2. The Labute approximate surface area is 128 Å². The molecule has 0 aliphatic carbocycles. The molecule has 0 amide bonds. The summed E-state index contributed by atoms with van der Waals surface area (Å²) in [6.07, 6.45) is 0.690. The van der Waals surface area contributed by atoms with Crippen molar-refractivity contribution in [3.8, 4) is 5.75 Å². The quantitative estimate of drug-likeness (QED) is 0.851. The van der Waals surface area contributed by atoms with Gasteiger partial charge in [0.15, 0.2) is 6.10 Å². The zero-order valence-corrected chi connectivity index (χ0v) is 12.3. The van der Waals surface area contributed by atoms with Crippen molar-refractivity contribution in [2.75, 3.05) is 11.1 Å². The standard InChI is InChI=1S/C17H18FN3O/c1-2-15-17(20-10-11-3-5-12(18)6-4-11)21-14-9-13(19)7-8-16(14)22-15/h3-9,15H,2,10,19H2,1H3,(H,20,21). The number of halogens is 1. The zero-order valence-electron chi connectivity index (χ0n) is 12.3. The number of nitrogens with one attached hydrogen (secondary N) is 1. The molecule has 0 aromatic heterocycles. The molecule has 22 heavy (non-hydrogen) atoms. The van der Waals surface area contributed by atoms with Gasteiger partial charge in [0.2, 0.25) is 0 Å². The molecular formula is C17H18FN3O. The SMILES string of the molecule is CCC1Oc2ccc(N)cc2NC1=NCc1ccc(F)cc1. The van der Waals surface area contributed by atoms with E-state index in [1.54, 1.807) is 12.1 Å². The minimum Gasteiger partial charge on any atom is -0.480 e. The fraction of sp³-hybridized carbons (Fsp3) is 0.235. The number of ether oxygens (including phenoxy) is 1. The van der Waals surface area contributed by atoms with Crippen LogP contribution in [0.3, 0.4) is 0 Å². The van der Waals surface area contributed by atoms with E-state index in [0.717, 1.165) is 29.3 Å². The van der Waals surface area contributed by atoms with E-state index in [2.05, 4.69) is 10.3 Å². The Hall–Kier alpha value is -2.56. The predicted molar refractivity (Wildman–Crippen MR) is 86.7 cm³/mol. The normalized spacial score (nSPS) is 18.5. The number of rotatable bonds is 3. The monoisotopic (exact) mass is 299 g/mol. The molecule has 5 heteroatoms. The van der Waals surface area contributed by atoms with Gasteiger partial charge in [-0.05, 0) is 42.3 Å². The number of aliphatic imine (C=N–C) groups is 1. The van der Waals surface area contributed by atoms with Crippen LogP contribution in [0.25, 0.3) is 0 Å². The van der Waals surface area contributed by atoms with Gasteiger partial charge >= 0.3 is 0 Å². The van der Waals surface area contributed by atoms with Crippen LogP contribution in [-0.2, 0) is 6.54 Å². The Kier molecular flexibility index (Phi) is 3.96. The smallest absolute Gasteiger partial charge is 0.155 e. The average Bonchev–Trinajstić information content (AvgIpc) is 2.53. The van der Waals surface area contributed by atoms with Crippen molar-refractivity contribution in [2.24, 2.45) is 4.99 Å². The largest absolute Gasteiger partial charge is 0.480 e. The van der Waals surface area contributed by atoms with Crippen molar-refractivity contribution >= 4 is 17.2 Å². The Bertz CT molecular complexity index is 698. The Morgan fingerprint density at radius 1 is 1.23 bits per heavy atom. The number of nitrogens with two attached hydrogens (primary N) is 1. The summed E-state index contributed by atoms with van der Waals surface area (Å²) >= 11 is 0. The number of benzene rings is 2. The minimum absolute atomic E-state index is 0.114. The van der Waals surface area contributed by atoms with Crippen molar-refractivity contribution in [1.29, 1.82) is 0 Å². The Balaban J connectivity index is 1.82. The van der Waals surface area contributed by atoms with E-state index in [9.17, 15) is 4.39 Å². The van der Waals surface area contributed by atoms with Crippen LogP contribution in [0.4, 0.5) is 15.8 Å². The molecule has 1 unspecified atom stereocenters. The molecule has 4 nitrogen and oxygen atoms in total. The van der Waals surface area contributed by atoms with E-state index >= 15 is 0 Å². The number of anilines is 2. The van der Waals surface area contributed by atoms with Gasteiger partial charge in [0.1, 0.15) is 17.4 Å². The average molecular weight is 299 g/mol. The molecule has 3 rings (SSSR count). The molecule has 0 saturated heterocycles. The van der Waals surface area contributed by atoms with Crippen molar-refractivity contribution in [3.63, 3.8) is 0 Å². The zero-order chi connectivity index (χ0) is 15.5. The van der Waals surface area contributed by atoms with E-state index in [0.29, 0.717) is 12.2 Å². The van der Waals surface area contributed by atoms with Crippen LogP contribution in [0.15, 0.2) is 47.5 Å². The van der Waals surface area contributed by atoms with E-state index in [1.165, 1.54) is 12.1 Å². The molecule has 114 valence electrons. The molecule has 3 N–H and O–H groups in total. The predicted octanol–water partition coefficient (Wildman–Crippen LogP) is 3.59. The summed E-state index contributed by atoms with van der Waals surface area (Å²) < 4.78 is 18.9. The fourth-order valence-electron chi connectivity index (χ4n) is 2.36. The highest BCUT2D eigenvalue weighted by molar-refractivity contribution is 6.02. The van der Waals surface area contributed by atoms with Gasteiger partial charge in [-0.15, -0.1) is 0 Å². The highest BCUT2D eigenvalue weighted by atomic mass is 19.1. The first kappa shape index (κ1) is 14.4. The van der Waals surface area contributed by atoms with Crippen LogP contribution in [0.5, 0.6) is 5.75 Å². The van der Waals surface area contributed by atoms with E-state index in [4.69, 9.17) is 10.5 Å². The molecule has 1 aliphatic heterocycles. The maximum atomic E-state index is 12.9. The second kappa shape index (κ2) is 6.05. The first-order valence-electron chi connectivity index (χ1n) is 7.27. The summed E-state index contributed by atoms with van der Waals surface area (Å²) in [4.78, 5) is 4.58. The van der Waals surface area contributed by atoms with Gasteiger partial charge in [-0.2, -0.15) is 0 Å². The van der Waals surface area contributed by atoms with E-state index in [1.807, 2.05) is 25.1 Å². The van der Waals surface area contributed by atoms with Gasteiger partial charge in [-0.25, -0.2) is 4.39 Å². The maximum Gasteiger partial charge on any atom is 0.155 e. The van der Waals surface area contributed by atoms with Crippen molar-refractivity contribution < 1.29 is 9.13 Å². The Morgan fingerprint density at radius 2 is 2.00 bits per heavy atom. The van der Waals surface area contributed by atoms with Gasteiger partial charge in [0.05, 0.1) is 12.2 Å². The Morgan fingerprint density at radius 3 is 2.73 bits per heavy atom. The fourth-order valence-corrected chi connectivity index (χ4v) is 2.36. The summed E-state index contributed by atoms with van der Waals surface area (Å²) in [5, 5.41) is 3.29. The lowest BCUT2D eigenvalue weighted by atomic mass is 10.1. The van der Waals surface area contributed by atoms with E-state index in [-0.39, 0.29) is 11.9 Å². The molecule has 0 bridgehead atoms. The van der Waals surface area contributed by atoms with Crippen LogP contribution >= 0.6 is 0 Å². The summed E-state index contributed by atoms with van der Waals surface area (Å²) in [7, 11) is 0. The van der Waals surface area contributed by atoms with Crippen molar-refractivity contribution in [2.45, 2.75) is 26.0 Å². The highest BCUT2D eigenvalue weighted by Crippen LogP contribution is 2.32. The van der Waals surface area contributed by atoms with Crippen LogP contribution in [-0.4, -0.2) is 11.9 Å². The van der Waals surface area contributed by atoms with Gasteiger partial charge in [-0.1, -0.05) is 19.1 Å². The summed E-state index contributed by atoms with van der Waals surface area (Å²) in [6.45, 7) is 2.52. The lowest BCUT2D eigenvalue weighted by Gasteiger charge is -2.28. The molecule has 1 heterocycles. The maximum absolute atomic E-state index is 12.9. The van der Waals surface area contributed by atoms with Gasteiger partial charge in [-0.3, -0.25) is 4.99 Å². The summed E-state index contributed by atoms with van der Waals surface area (Å²) in [5.41, 5.74) is 8.24. The molecule has 1 aliphatic rings. The minimum atomic E-state index is -0.244. The molecule has 0 saturated carbocycles. The molecule has 0 radical (unpaired) electrons. The summed E-state index contributed by atoms with van der Waals surface area (Å²) in [6, 6.07) is 11.8. The molecule has 0 spiro atoms. The van der Waals surface area contributed by atoms with Crippen LogP contribution in [0.1, 0.15) is 18.9 Å². The number of nitrogen functional groups attached to an aromatic ring is 1. The van der Waals surface area contributed by atoms with Gasteiger partial charge in [0.25, 0.3) is 0 Å². The van der Waals surface area contributed by atoms with Crippen molar-refractivity contribution in [1.82, 2.24) is 0 Å². The molecule has 2 aromatic carbocycles. The third kappa shape index (κ3) is 3.03. The second-order valence-corrected chi connectivity index (χ2v) is 5.22. The molecule has 0 fully saturated rings. The second-order valence-electron chi connectivity index (χ2n) is 5.22. The molecule has 2 aromatic rings. The topological polar surface area (TPSA) is 59.6 Å². The highest BCUT2D eigenvalue weighted by Gasteiger charge is 2.24. The third-order valence-corrected chi connectivity index (χ3v) is 3.56. The first-order chi connectivity index (χ1) is 10.7. The van der Waals surface area contributed by atoms with Gasteiger partial charge < -0.3 is 15.8 Å². The van der Waals surface area contributed by atoms with Crippen LogP contribution in [0, 0.1) is 5.82 Å². The number of hydrogen-bond acceptors (Lipinski definition) is 3. The third-order valence-electron chi connectivity index (χ3n) is 3.56. The lowest BCUT2D eigenvalue weighted by Crippen LogP contribution is -2.36. The van der Waals surface area contributed by atoms with Crippen molar-refractivity contribution in [3.05, 3.63) is 53.8 Å². The number of nitrogens with zero attached hydrogens (tertiary/aromatic N) is 1. The first-order valence-corrected chi connectivity index (χ1v) is 7.27. The van der Waals surface area contributed by atoms with Crippen LogP contribution in [0.2, 0.25) is 0 Å². The molecule has 1 atom stereocenters. The van der Waals surface area contributed by atoms with Gasteiger partial charge in [0, 0.05) is 5.69 Å². The number of fused-ring (bicyclic) bond motifs is 1. The molecular weight excluding hydrogens is 281 g/mol. The van der Waals surface area contributed by atoms with E-state index < -0.39 is 0 Å².